The maximum Gasteiger partial charge on any atom is 0.0718 e. The second-order valence-corrected chi connectivity index (χ2v) is 7.41. The van der Waals surface area contributed by atoms with Crippen LogP contribution in [0.2, 0.25) is 0 Å². The lowest BCUT2D eigenvalue weighted by Crippen LogP contribution is -2.39. The number of ether oxygens (including phenoxy) is 1. The number of benzene rings is 1. The first-order chi connectivity index (χ1) is 9.88. The summed E-state index contributed by atoms with van der Waals surface area (Å²) in [5.74, 6) is 0. The largest absolute Gasteiger partial charge is 0.397 e. The molecule has 4 nitrogen and oxygen atoms in total. The molecule has 3 N–H and O–H groups in total. The van der Waals surface area contributed by atoms with Gasteiger partial charge in [-0.2, -0.15) is 0 Å². The summed E-state index contributed by atoms with van der Waals surface area (Å²) in [6.45, 7) is 12.2. The first kappa shape index (κ1) is 16.6. The van der Waals surface area contributed by atoms with Crippen molar-refractivity contribution in [2.75, 3.05) is 50.4 Å². The molecule has 0 spiro atoms. The second kappa shape index (κ2) is 6.99. The van der Waals surface area contributed by atoms with Crippen molar-refractivity contribution in [3.05, 3.63) is 22.2 Å². The number of anilines is 2. The Kier molecular flexibility index (Phi) is 5.52. The zero-order valence-electron chi connectivity index (χ0n) is 13.2. The first-order valence-corrected chi connectivity index (χ1v) is 8.30. The molecule has 1 aliphatic rings. The highest BCUT2D eigenvalue weighted by Crippen LogP contribution is 2.34. The molecule has 0 amide bonds. The maximum atomic E-state index is 6.21. The van der Waals surface area contributed by atoms with E-state index in [1.165, 1.54) is 5.56 Å². The molecule has 0 radical (unpaired) electrons. The van der Waals surface area contributed by atoms with Crippen LogP contribution in [-0.2, 0) is 10.2 Å². The fraction of sp³-hybridized carbons (Fsp3) is 0.625. The number of morpholine rings is 1. The van der Waals surface area contributed by atoms with Crippen LogP contribution in [0.1, 0.15) is 26.3 Å². The number of halogens is 1. The number of hydrogen-bond acceptors (Lipinski definition) is 4. The van der Waals surface area contributed by atoms with E-state index in [9.17, 15) is 0 Å². The van der Waals surface area contributed by atoms with Crippen molar-refractivity contribution in [1.82, 2.24) is 4.90 Å². The SMILES string of the molecule is CC(C)(C)c1cc(N)c(NCCN2CCOCC2)c(Br)c1. The van der Waals surface area contributed by atoms with Crippen molar-refractivity contribution in [2.24, 2.45) is 0 Å². The van der Waals surface area contributed by atoms with Gasteiger partial charge in [0.15, 0.2) is 0 Å². The van der Waals surface area contributed by atoms with Crippen LogP contribution in [0.15, 0.2) is 16.6 Å². The Morgan fingerprint density at radius 3 is 2.52 bits per heavy atom. The van der Waals surface area contributed by atoms with Crippen LogP contribution in [0.4, 0.5) is 11.4 Å². The smallest absolute Gasteiger partial charge is 0.0718 e. The molecule has 1 heterocycles. The molecule has 1 aromatic rings. The molecule has 2 rings (SSSR count). The van der Waals surface area contributed by atoms with Gasteiger partial charge in [0.25, 0.3) is 0 Å². The summed E-state index contributed by atoms with van der Waals surface area (Å²) in [4.78, 5) is 2.41. The van der Waals surface area contributed by atoms with Gasteiger partial charge in [0.1, 0.15) is 0 Å². The zero-order valence-corrected chi connectivity index (χ0v) is 14.8. The van der Waals surface area contributed by atoms with Crippen LogP contribution in [0.25, 0.3) is 0 Å². The van der Waals surface area contributed by atoms with Gasteiger partial charge in [0, 0.05) is 30.7 Å². The lowest BCUT2D eigenvalue weighted by molar-refractivity contribution is 0.0398. The molecule has 1 aliphatic heterocycles. The molecule has 0 aliphatic carbocycles. The Labute approximate surface area is 136 Å². The minimum Gasteiger partial charge on any atom is -0.397 e. The van der Waals surface area contributed by atoms with Crippen LogP contribution < -0.4 is 11.1 Å². The predicted molar refractivity (Wildman–Crippen MR) is 93.0 cm³/mol. The fourth-order valence-electron chi connectivity index (χ4n) is 2.41. The van der Waals surface area contributed by atoms with Crippen LogP contribution in [0.5, 0.6) is 0 Å². The monoisotopic (exact) mass is 355 g/mol. The third-order valence-electron chi connectivity index (χ3n) is 3.82. The van der Waals surface area contributed by atoms with Gasteiger partial charge in [-0.15, -0.1) is 0 Å². The normalized spacial score (nSPS) is 17.0. The Morgan fingerprint density at radius 1 is 1.29 bits per heavy atom. The maximum absolute atomic E-state index is 6.21. The molecule has 0 saturated carbocycles. The van der Waals surface area contributed by atoms with Crippen molar-refractivity contribution in [2.45, 2.75) is 26.2 Å². The first-order valence-electron chi connectivity index (χ1n) is 7.51. The van der Waals surface area contributed by atoms with E-state index in [1.807, 2.05) is 0 Å². The highest BCUT2D eigenvalue weighted by molar-refractivity contribution is 9.10. The van der Waals surface area contributed by atoms with E-state index in [1.54, 1.807) is 0 Å². The summed E-state index contributed by atoms with van der Waals surface area (Å²) in [6.07, 6.45) is 0. The summed E-state index contributed by atoms with van der Waals surface area (Å²) >= 11 is 3.64. The molecule has 1 saturated heterocycles. The van der Waals surface area contributed by atoms with Gasteiger partial charge in [0.05, 0.1) is 24.6 Å². The fourth-order valence-corrected chi connectivity index (χ4v) is 3.03. The van der Waals surface area contributed by atoms with E-state index >= 15 is 0 Å². The van der Waals surface area contributed by atoms with E-state index in [0.29, 0.717) is 0 Å². The standard InChI is InChI=1S/C16H26BrN3O/c1-16(2,3)12-10-13(17)15(14(18)11-12)19-4-5-20-6-8-21-9-7-20/h10-11,19H,4-9,18H2,1-3H3. The van der Waals surface area contributed by atoms with Crippen molar-refractivity contribution in [1.29, 1.82) is 0 Å². The number of hydrogen-bond donors (Lipinski definition) is 2. The summed E-state index contributed by atoms with van der Waals surface area (Å²) in [5, 5.41) is 3.45. The van der Waals surface area contributed by atoms with Crippen molar-refractivity contribution in [3.8, 4) is 0 Å². The Bertz CT molecular complexity index is 456. The average molecular weight is 356 g/mol. The minimum atomic E-state index is 0.100. The minimum absolute atomic E-state index is 0.100. The van der Waals surface area contributed by atoms with Crippen molar-refractivity contribution < 1.29 is 4.74 Å². The van der Waals surface area contributed by atoms with Crippen LogP contribution in [-0.4, -0.2) is 44.3 Å². The van der Waals surface area contributed by atoms with Gasteiger partial charge >= 0.3 is 0 Å². The molecular formula is C16H26BrN3O. The topological polar surface area (TPSA) is 50.5 Å². The number of nitrogens with two attached hydrogens (primary N) is 1. The van der Waals surface area contributed by atoms with Gasteiger partial charge in [-0.3, -0.25) is 4.90 Å². The molecule has 0 atom stereocenters. The lowest BCUT2D eigenvalue weighted by Gasteiger charge is -2.27. The molecular weight excluding hydrogens is 330 g/mol. The van der Waals surface area contributed by atoms with Crippen molar-refractivity contribution >= 4 is 27.3 Å². The molecule has 118 valence electrons. The number of nitrogens with zero attached hydrogens (tertiary/aromatic N) is 1. The Balaban J connectivity index is 1.96. The number of rotatable bonds is 4. The predicted octanol–water partition coefficient (Wildman–Crippen LogP) is 3.07. The third-order valence-corrected chi connectivity index (χ3v) is 4.45. The highest BCUT2D eigenvalue weighted by Gasteiger charge is 2.17. The number of nitrogens with one attached hydrogen (secondary N) is 1. The second-order valence-electron chi connectivity index (χ2n) is 6.55. The average Bonchev–Trinajstić information content (AvgIpc) is 2.42. The van der Waals surface area contributed by atoms with E-state index in [4.69, 9.17) is 10.5 Å². The molecule has 1 fully saturated rings. The molecule has 21 heavy (non-hydrogen) atoms. The van der Waals surface area contributed by atoms with Crippen LogP contribution in [0.3, 0.4) is 0 Å². The molecule has 0 unspecified atom stereocenters. The summed E-state index contributed by atoms with van der Waals surface area (Å²) in [6, 6.07) is 4.23. The Morgan fingerprint density at radius 2 is 1.95 bits per heavy atom. The van der Waals surface area contributed by atoms with Crippen molar-refractivity contribution in [3.63, 3.8) is 0 Å². The summed E-state index contributed by atoms with van der Waals surface area (Å²) < 4.78 is 6.39. The van der Waals surface area contributed by atoms with Crippen LogP contribution >= 0.6 is 15.9 Å². The third kappa shape index (κ3) is 4.59. The van der Waals surface area contributed by atoms with Gasteiger partial charge in [-0.25, -0.2) is 0 Å². The highest BCUT2D eigenvalue weighted by atomic mass is 79.9. The molecule has 0 bridgehead atoms. The van der Waals surface area contributed by atoms with Gasteiger partial charge in [-0.05, 0) is 39.0 Å². The molecule has 0 aromatic heterocycles. The molecule has 1 aromatic carbocycles. The van der Waals surface area contributed by atoms with E-state index in [-0.39, 0.29) is 5.41 Å². The van der Waals surface area contributed by atoms with Crippen LogP contribution in [0, 0.1) is 0 Å². The van der Waals surface area contributed by atoms with E-state index < -0.39 is 0 Å². The van der Waals surface area contributed by atoms with Gasteiger partial charge in [0.2, 0.25) is 0 Å². The van der Waals surface area contributed by atoms with E-state index in [0.717, 1.165) is 55.2 Å². The summed E-state index contributed by atoms with van der Waals surface area (Å²) in [5.41, 5.74) is 9.35. The quantitative estimate of drug-likeness (QED) is 0.814. The number of nitrogen functional groups attached to an aromatic ring is 1. The Hall–Kier alpha value is -0.780. The summed E-state index contributed by atoms with van der Waals surface area (Å²) in [7, 11) is 0. The zero-order chi connectivity index (χ0) is 15.5. The van der Waals surface area contributed by atoms with E-state index in [2.05, 4.69) is 59.1 Å². The lowest BCUT2D eigenvalue weighted by atomic mass is 9.86. The van der Waals surface area contributed by atoms with Gasteiger partial charge < -0.3 is 15.8 Å². The van der Waals surface area contributed by atoms with Gasteiger partial charge in [-0.1, -0.05) is 20.8 Å². The molecule has 5 heteroatoms.